The molecular weight excluding hydrogens is 352 g/mol. The fourth-order valence-corrected chi connectivity index (χ4v) is 4.35. The number of piperidine rings is 1. The smallest absolute Gasteiger partial charge is 0.233 e. The summed E-state index contributed by atoms with van der Waals surface area (Å²) in [6, 6.07) is 7.74. The molecule has 0 atom stereocenters. The van der Waals surface area contributed by atoms with E-state index in [0.717, 1.165) is 37.9 Å². The maximum absolute atomic E-state index is 13.5. The van der Waals surface area contributed by atoms with Gasteiger partial charge in [-0.2, -0.15) is 0 Å². The molecule has 0 bridgehead atoms. The molecule has 2 aliphatic heterocycles. The zero-order valence-corrected chi connectivity index (χ0v) is 16.0. The largest absolute Gasteiger partial charge is 0.381 e. The van der Waals surface area contributed by atoms with E-state index in [0.29, 0.717) is 44.2 Å². The van der Waals surface area contributed by atoms with E-state index in [1.165, 1.54) is 0 Å². The molecular formula is C20H29ClN2O3. The van der Waals surface area contributed by atoms with Crippen molar-refractivity contribution in [1.82, 2.24) is 4.90 Å². The van der Waals surface area contributed by atoms with Gasteiger partial charge in [-0.25, -0.2) is 0 Å². The molecule has 2 N–H and O–H groups in total. The predicted octanol–water partition coefficient (Wildman–Crippen LogP) is 2.74. The highest BCUT2D eigenvalue weighted by molar-refractivity contribution is 6.31. The summed E-state index contributed by atoms with van der Waals surface area (Å²) in [6.45, 7) is 4.01. The van der Waals surface area contributed by atoms with Gasteiger partial charge in [0.1, 0.15) is 0 Å². The molecule has 6 heteroatoms. The lowest BCUT2D eigenvalue weighted by atomic mass is 9.72. The molecule has 0 aromatic heterocycles. The van der Waals surface area contributed by atoms with Gasteiger partial charge >= 0.3 is 0 Å². The van der Waals surface area contributed by atoms with Crippen molar-refractivity contribution < 1.29 is 14.3 Å². The summed E-state index contributed by atoms with van der Waals surface area (Å²) in [7, 11) is 0. The molecule has 1 aromatic carbocycles. The number of likely N-dealkylation sites (tertiary alicyclic amines) is 1. The number of hydrogen-bond donors (Lipinski definition) is 1. The van der Waals surface area contributed by atoms with Gasteiger partial charge < -0.3 is 20.1 Å². The number of carbonyl (C=O) groups is 1. The summed E-state index contributed by atoms with van der Waals surface area (Å²) >= 11 is 6.48. The molecule has 26 heavy (non-hydrogen) atoms. The highest BCUT2D eigenvalue weighted by Gasteiger charge is 2.45. The van der Waals surface area contributed by atoms with E-state index in [9.17, 15) is 4.79 Å². The van der Waals surface area contributed by atoms with Crippen LogP contribution in [0, 0.1) is 0 Å². The van der Waals surface area contributed by atoms with Crippen molar-refractivity contribution >= 4 is 17.5 Å². The molecule has 2 fully saturated rings. The molecule has 0 spiro atoms. The minimum absolute atomic E-state index is 0.189. The highest BCUT2D eigenvalue weighted by atomic mass is 35.5. The van der Waals surface area contributed by atoms with Gasteiger partial charge in [0.25, 0.3) is 0 Å². The first-order valence-corrected chi connectivity index (χ1v) is 9.99. The standard InChI is InChI=1S/C20H29ClN2O3/c21-18-5-2-1-4-17(18)20(8-14-25-15-9-20)19(24)23-11-6-16(7-12-23)26-13-3-10-22/h1-2,4-5,16H,3,6-15,22H2. The minimum Gasteiger partial charge on any atom is -0.381 e. The van der Waals surface area contributed by atoms with E-state index in [1.807, 2.05) is 29.2 Å². The van der Waals surface area contributed by atoms with Crippen molar-refractivity contribution in [1.29, 1.82) is 0 Å². The van der Waals surface area contributed by atoms with Crippen LogP contribution in [0.2, 0.25) is 5.02 Å². The summed E-state index contributed by atoms with van der Waals surface area (Å²) in [5.41, 5.74) is 5.89. The SMILES string of the molecule is NCCCOC1CCN(C(=O)C2(c3ccccc3Cl)CCOCC2)CC1. The number of amides is 1. The molecule has 0 unspecified atom stereocenters. The Morgan fingerprint density at radius 2 is 1.96 bits per heavy atom. The van der Waals surface area contributed by atoms with Crippen LogP contribution in [-0.4, -0.2) is 56.4 Å². The van der Waals surface area contributed by atoms with E-state index in [-0.39, 0.29) is 12.0 Å². The van der Waals surface area contributed by atoms with E-state index >= 15 is 0 Å². The molecule has 0 radical (unpaired) electrons. The first kappa shape index (κ1) is 19.6. The monoisotopic (exact) mass is 380 g/mol. The number of rotatable bonds is 6. The van der Waals surface area contributed by atoms with Crippen LogP contribution in [0.1, 0.15) is 37.7 Å². The summed E-state index contributed by atoms with van der Waals surface area (Å²) in [5, 5.41) is 0.669. The number of nitrogens with two attached hydrogens (primary N) is 1. The van der Waals surface area contributed by atoms with Gasteiger partial charge in [-0.15, -0.1) is 0 Å². The molecule has 0 saturated carbocycles. The third-order valence-electron chi connectivity index (χ3n) is 5.58. The first-order chi connectivity index (χ1) is 12.7. The van der Waals surface area contributed by atoms with Crippen LogP contribution < -0.4 is 5.73 Å². The van der Waals surface area contributed by atoms with E-state index < -0.39 is 5.41 Å². The quantitative estimate of drug-likeness (QED) is 0.771. The maximum atomic E-state index is 13.5. The molecule has 2 aliphatic rings. The van der Waals surface area contributed by atoms with Crippen LogP contribution in [0.25, 0.3) is 0 Å². The summed E-state index contributed by atoms with van der Waals surface area (Å²) in [4.78, 5) is 15.5. The van der Waals surface area contributed by atoms with Gasteiger partial charge in [0.15, 0.2) is 0 Å². The lowest BCUT2D eigenvalue weighted by Gasteiger charge is -2.42. The van der Waals surface area contributed by atoms with Crippen molar-refractivity contribution in [3.8, 4) is 0 Å². The number of benzene rings is 1. The molecule has 0 aliphatic carbocycles. The first-order valence-electron chi connectivity index (χ1n) is 9.61. The maximum Gasteiger partial charge on any atom is 0.233 e. The van der Waals surface area contributed by atoms with Crippen molar-refractivity contribution in [2.45, 2.75) is 43.6 Å². The van der Waals surface area contributed by atoms with Crippen molar-refractivity contribution in [3.63, 3.8) is 0 Å². The van der Waals surface area contributed by atoms with Gasteiger partial charge in [-0.05, 0) is 50.3 Å². The Kier molecular flexibility index (Phi) is 6.92. The van der Waals surface area contributed by atoms with Crippen LogP contribution in [-0.2, 0) is 19.7 Å². The lowest BCUT2D eigenvalue weighted by molar-refractivity contribution is -0.144. The minimum atomic E-state index is -0.566. The fraction of sp³-hybridized carbons (Fsp3) is 0.650. The Bertz CT molecular complexity index is 596. The normalized spacial score (nSPS) is 20.9. The highest BCUT2D eigenvalue weighted by Crippen LogP contribution is 2.40. The second kappa shape index (κ2) is 9.18. The Morgan fingerprint density at radius 1 is 1.27 bits per heavy atom. The van der Waals surface area contributed by atoms with E-state index in [4.69, 9.17) is 26.8 Å². The summed E-state index contributed by atoms with van der Waals surface area (Å²) < 4.78 is 11.4. The molecule has 2 saturated heterocycles. The molecule has 144 valence electrons. The molecule has 1 aromatic rings. The van der Waals surface area contributed by atoms with Gasteiger partial charge in [-0.3, -0.25) is 4.79 Å². The number of nitrogens with zero attached hydrogens (tertiary/aromatic N) is 1. The second-order valence-corrected chi connectivity index (χ2v) is 7.59. The van der Waals surface area contributed by atoms with Gasteiger partial charge in [-0.1, -0.05) is 29.8 Å². The zero-order valence-electron chi connectivity index (χ0n) is 15.3. The van der Waals surface area contributed by atoms with Crippen molar-refractivity contribution in [3.05, 3.63) is 34.9 Å². The molecule has 5 nitrogen and oxygen atoms in total. The molecule has 2 heterocycles. The fourth-order valence-electron chi connectivity index (χ4n) is 4.03. The van der Waals surface area contributed by atoms with Gasteiger partial charge in [0.05, 0.1) is 11.5 Å². The number of carbonyl (C=O) groups excluding carboxylic acids is 1. The Labute approximate surface area is 160 Å². The zero-order chi connectivity index (χ0) is 18.4. The van der Waals surface area contributed by atoms with E-state index in [2.05, 4.69) is 0 Å². The third kappa shape index (κ3) is 4.22. The Balaban J connectivity index is 1.71. The number of ether oxygens (including phenoxy) is 2. The van der Waals surface area contributed by atoms with Crippen LogP contribution in [0.3, 0.4) is 0 Å². The van der Waals surface area contributed by atoms with E-state index in [1.54, 1.807) is 0 Å². The number of halogens is 1. The topological polar surface area (TPSA) is 64.8 Å². The summed E-state index contributed by atoms with van der Waals surface area (Å²) in [6.07, 6.45) is 4.24. The van der Waals surface area contributed by atoms with Crippen LogP contribution in [0.15, 0.2) is 24.3 Å². The van der Waals surface area contributed by atoms with Crippen molar-refractivity contribution in [2.75, 3.05) is 39.5 Å². The third-order valence-corrected chi connectivity index (χ3v) is 5.91. The Hall–Kier alpha value is -1.14. The molecule has 3 rings (SSSR count). The number of hydrogen-bond acceptors (Lipinski definition) is 4. The average Bonchev–Trinajstić information content (AvgIpc) is 2.69. The summed E-state index contributed by atoms with van der Waals surface area (Å²) in [5.74, 6) is 0.189. The lowest BCUT2D eigenvalue weighted by Crippen LogP contribution is -2.52. The van der Waals surface area contributed by atoms with Crippen LogP contribution >= 0.6 is 11.6 Å². The van der Waals surface area contributed by atoms with Crippen molar-refractivity contribution in [2.24, 2.45) is 5.73 Å². The second-order valence-electron chi connectivity index (χ2n) is 7.18. The average molecular weight is 381 g/mol. The van der Waals surface area contributed by atoms with Gasteiger partial charge in [0.2, 0.25) is 5.91 Å². The van der Waals surface area contributed by atoms with Gasteiger partial charge in [0, 0.05) is 37.9 Å². The molecule has 1 amide bonds. The van der Waals surface area contributed by atoms with Crippen LogP contribution in [0.4, 0.5) is 0 Å². The predicted molar refractivity (Wildman–Crippen MR) is 102 cm³/mol. The van der Waals surface area contributed by atoms with Crippen LogP contribution in [0.5, 0.6) is 0 Å². The Morgan fingerprint density at radius 3 is 2.62 bits per heavy atom.